The van der Waals surface area contributed by atoms with E-state index >= 15 is 0 Å². The standard InChI is InChI=1S/C18H28INO/c1-2-3-4-5-6-7-8-9-10-11-18(21)20-17-14-12-16(19)13-15-17/h12-15H,2-11H2,1H3,(H,20,21). The van der Waals surface area contributed by atoms with Crippen molar-refractivity contribution in [2.24, 2.45) is 0 Å². The average Bonchev–Trinajstić information content (AvgIpc) is 2.48. The van der Waals surface area contributed by atoms with Gasteiger partial charge in [-0.05, 0) is 53.3 Å². The Bertz CT molecular complexity index is 389. The molecular weight excluding hydrogens is 373 g/mol. The van der Waals surface area contributed by atoms with Crippen LogP contribution in [-0.2, 0) is 4.79 Å². The Hall–Kier alpha value is -0.580. The van der Waals surface area contributed by atoms with Gasteiger partial charge in [0.1, 0.15) is 0 Å². The SMILES string of the molecule is CCCCCCCCCCCC(=O)Nc1ccc(I)cc1. The number of hydrogen-bond donors (Lipinski definition) is 1. The van der Waals surface area contributed by atoms with E-state index in [-0.39, 0.29) is 5.91 Å². The maximum Gasteiger partial charge on any atom is 0.224 e. The average molecular weight is 401 g/mol. The van der Waals surface area contributed by atoms with Crippen LogP contribution in [0.25, 0.3) is 0 Å². The van der Waals surface area contributed by atoms with Crippen molar-refractivity contribution in [1.82, 2.24) is 0 Å². The van der Waals surface area contributed by atoms with Gasteiger partial charge < -0.3 is 5.32 Å². The van der Waals surface area contributed by atoms with Gasteiger partial charge in [-0.1, -0.05) is 58.3 Å². The highest BCUT2D eigenvalue weighted by molar-refractivity contribution is 14.1. The van der Waals surface area contributed by atoms with Crippen molar-refractivity contribution in [3.63, 3.8) is 0 Å². The van der Waals surface area contributed by atoms with Crippen LogP contribution in [0, 0.1) is 3.57 Å². The van der Waals surface area contributed by atoms with E-state index in [0.717, 1.165) is 12.1 Å². The quantitative estimate of drug-likeness (QED) is 0.350. The molecule has 0 radical (unpaired) electrons. The summed E-state index contributed by atoms with van der Waals surface area (Å²) in [5.41, 5.74) is 0.899. The highest BCUT2D eigenvalue weighted by Crippen LogP contribution is 2.13. The van der Waals surface area contributed by atoms with Gasteiger partial charge in [-0.3, -0.25) is 4.79 Å². The summed E-state index contributed by atoms with van der Waals surface area (Å²) in [6, 6.07) is 7.93. The zero-order chi connectivity index (χ0) is 15.3. The fraction of sp³-hybridized carbons (Fsp3) is 0.611. The lowest BCUT2D eigenvalue weighted by atomic mass is 10.1. The molecule has 0 spiro atoms. The lowest BCUT2D eigenvalue weighted by Crippen LogP contribution is -2.10. The van der Waals surface area contributed by atoms with Gasteiger partial charge in [0.25, 0.3) is 0 Å². The van der Waals surface area contributed by atoms with Crippen molar-refractivity contribution in [1.29, 1.82) is 0 Å². The number of amides is 1. The van der Waals surface area contributed by atoms with Crippen LogP contribution >= 0.6 is 22.6 Å². The number of benzene rings is 1. The van der Waals surface area contributed by atoms with Crippen LogP contribution < -0.4 is 5.32 Å². The van der Waals surface area contributed by atoms with Crippen LogP contribution in [0.2, 0.25) is 0 Å². The second kappa shape index (κ2) is 12.0. The minimum absolute atomic E-state index is 0.138. The summed E-state index contributed by atoms with van der Waals surface area (Å²) in [5.74, 6) is 0.138. The first kappa shape index (κ1) is 18.5. The van der Waals surface area contributed by atoms with Gasteiger partial charge in [-0.2, -0.15) is 0 Å². The van der Waals surface area contributed by atoms with E-state index in [4.69, 9.17) is 0 Å². The van der Waals surface area contributed by atoms with Gasteiger partial charge >= 0.3 is 0 Å². The van der Waals surface area contributed by atoms with Crippen LogP contribution in [0.1, 0.15) is 71.1 Å². The predicted molar refractivity (Wildman–Crippen MR) is 99.6 cm³/mol. The van der Waals surface area contributed by atoms with Crippen molar-refractivity contribution in [2.45, 2.75) is 71.1 Å². The predicted octanol–water partition coefficient (Wildman–Crippen LogP) is 6.15. The molecule has 118 valence electrons. The Balaban J connectivity index is 1.97. The van der Waals surface area contributed by atoms with Crippen molar-refractivity contribution in [2.75, 3.05) is 5.32 Å². The Morgan fingerprint density at radius 1 is 0.905 bits per heavy atom. The molecule has 0 saturated carbocycles. The number of carbonyl (C=O) groups is 1. The van der Waals surface area contributed by atoms with E-state index in [0.29, 0.717) is 6.42 Å². The van der Waals surface area contributed by atoms with E-state index in [2.05, 4.69) is 34.8 Å². The summed E-state index contributed by atoms with van der Waals surface area (Å²) in [6.45, 7) is 2.25. The van der Waals surface area contributed by atoms with E-state index in [1.54, 1.807) is 0 Å². The van der Waals surface area contributed by atoms with Gasteiger partial charge in [0.05, 0.1) is 0 Å². The molecular formula is C18H28INO. The third-order valence-electron chi connectivity index (χ3n) is 3.64. The zero-order valence-electron chi connectivity index (χ0n) is 13.2. The highest BCUT2D eigenvalue weighted by Gasteiger charge is 2.02. The summed E-state index contributed by atoms with van der Waals surface area (Å²) in [5, 5.41) is 2.95. The maximum atomic E-state index is 11.8. The molecule has 0 aliphatic heterocycles. The third-order valence-corrected chi connectivity index (χ3v) is 4.35. The molecule has 0 unspecified atom stereocenters. The summed E-state index contributed by atoms with van der Waals surface area (Å²) in [4.78, 5) is 11.8. The van der Waals surface area contributed by atoms with Gasteiger partial charge in [0.2, 0.25) is 5.91 Å². The van der Waals surface area contributed by atoms with E-state index in [1.165, 1.54) is 54.9 Å². The van der Waals surface area contributed by atoms with Gasteiger partial charge in [-0.15, -0.1) is 0 Å². The Labute approximate surface area is 143 Å². The summed E-state index contributed by atoms with van der Waals surface area (Å²) in [7, 11) is 0. The van der Waals surface area contributed by atoms with Gasteiger partial charge in [0.15, 0.2) is 0 Å². The second-order valence-electron chi connectivity index (χ2n) is 5.63. The van der Waals surface area contributed by atoms with E-state index in [9.17, 15) is 4.79 Å². The molecule has 0 aromatic heterocycles. The molecule has 0 bridgehead atoms. The molecule has 0 fully saturated rings. The molecule has 3 heteroatoms. The molecule has 1 aromatic rings. The summed E-state index contributed by atoms with van der Waals surface area (Å²) in [6.07, 6.45) is 12.2. The first-order valence-electron chi connectivity index (χ1n) is 8.28. The fourth-order valence-electron chi connectivity index (χ4n) is 2.35. The molecule has 0 heterocycles. The van der Waals surface area contributed by atoms with Crippen LogP contribution in [0.3, 0.4) is 0 Å². The number of unbranched alkanes of at least 4 members (excludes halogenated alkanes) is 8. The first-order valence-corrected chi connectivity index (χ1v) is 9.35. The van der Waals surface area contributed by atoms with E-state index in [1.807, 2.05) is 24.3 Å². The molecule has 1 rings (SSSR count). The Morgan fingerprint density at radius 3 is 2.00 bits per heavy atom. The normalized spacial score (nSPS) is 10.6. The number of anilines is 1. The molecule has 0 atom stereocenters. The van der Waals surface area contributed by atoms with Gasteiger partial charge in [0, 0.05) is 15.7 Å². The number of hydrogen-bond acceptors (Lipinski definition) is 1. The molecule has 1 amide bonds. The lowest BCUT2D eigenvalue weighted by molar-refractivity contribution is -0.116. The molecule has 0 aliphatic carbocycles. The topological polar surface area (TPSA) is 29.1 Å². The monoisotopic (exact) mass is 401 g/mol. The van der Waals surface area contributed by atoms with Crippen molar-refractivity contribution in [3.05, 3.63) is 27.8 Å². The maximum absolute atomic E-state index is 11.8. The highest BCUT2D eigenvalue weighted by atomic mass is 127. The van der Waals surface area contributed by atoms with Crippen LogP contribution in [0.15, 0.2) is 24.3 Å². The van der Waals surface area contributed by atoms with Crippen molar-refractivity contribution < 1.29 is 4.79 Å². The van der Waals surface area contributed by atoms with E-state index < -0.39 is 0 Å². The first-order chi connectivity index (χ1) is 10.2. The van der Waals surface area contributed by atoms with Crippen molar-refractivity contribution in [3.8, 4) is 0 Å². The Morgan fingerprint density at radius 2 is 1.43 bits per heavy atom. The summed E-state index contributed by atoms with van der Waals surface area (Å²) >= 11 is 2.26. The number of carbonyl (C=O) groups excluding carboxylic acids is 1. The van der Waals surface area contributed by atoms with Crippen molar-refractivity contribution >= 4 is 34.2 Å². The molecule has 1 N–H and O–H groups in total. The summed E-state index contributed by atoms with van der Waals surface area (Å²) < 4.78 is 1.18. The number of halogens is 1. The lowest BCUT2D eigenvalue weighted by Gasteiger charge is -2.05. The molecule has 0 aliphatic rings. The minimum Gasteiger partial charge on any atom is -0.326 e. The van der Waals surface area contributed by atoms with Crippen LogP contribution in [-0.4, -0.2) is 5.91 Å². The number of nitrogens with one attached hydrogen (secondary N) is 1. The smallest absolute Gasteiger partial charge is 0.224 e. The fourth-order valence-corrected chi connectivity index (χ4v) is 2.71. The second-order valence-corrected chi connectivity index (χ2v) is 6.88. The van der Waals surface area contributed by atoms with Crippen LogP contribution in [0.5, 0.6) is 0 Å². The minimum atomic E-state index is 0.138. The van der Waals surface area contributed by atoms with Gasteiger partial charge in [-0.25, -0.2) is 0 Å². The largest absolute Gasteiger partial charge is 0.326 e. The zero-order valence-corrected chi connectivity index (χ0v) is 15.3. The molecule has 1 aromatic carbocycles. The molecule has 0 saturated heterocycles. The Kier molecular flexibility index (Phi) is 10.6. The molecule has 2 nitrogen and oxygen atoms in total. The molecule has 21 heavy (non-hydrogen) atoms. The van der Waals surface area contributed by atoms with Crippen LogP contribution in [0.4, 0.5) is 5.69 Å². The number of rotatable bonds is 11. The third kappa shape index (κ3) is 9.88.